The lowest BCUT2D eigenvalue weighted by atomic mass is 9.74. The van der Waals surface area contributed by atoms with Crippen molar-refractivity contribution in [1.82, 2.24) is 4.90 Å². The molecule has 1 atom stereocenters. The van der Waals surface area contributed by atoms with Gasteiger partial charge >= 0.3 is 0 Å². The van der Waals surface area contributed by atoms with Crippen LogP contribution in [0.2, 0.25) is 0 Å². The summed E-state index contributed by atoms with van der Waals surface area (Å²) in [5, 5.41) is 0. The molecular formula is C14H24N2. The maximum Gasteiger partial charge on any atom is 0.106 e. The van der Waals surface area contributed by atoms with Crippen LogP contribution in [0.5, 0.6) is 0 Å². The van der Waals surface area contributed by atoms with Gasteiger partial charge in [-0.15, -0.1) is 0 Å². The highest BCUT2D eigenvalue weighted by atomic mass is 15.3. The fourth-order valence-electron chi connectivity index (χ4n) is 3.12. The maximum absolute atomic E-state index is 4.55. The van der Waals surface area contributed by atoms with E-state index in [1.165, 1.54) is 37.2 Å². The average Bonchev–Trinajstić information content (AvgIpc) is 2.58. The van der Waals surface area contributed by atoms with Crippen molar-refractivity contribution in [2.24, 2.45) is 10.9 Å². The molecule has 0 aromatic heterocycles. The molecule has 90 valence electrons. The molecule has 1 spiro atoms. The number of hydrogen-bond acceptors (Lipinski definition) is 1. The van der Waals surface area contributed by atoms with E-state index in [2.05, 4.69) is 30.3 Å². The van der Waals surface area contributed by atoms with Crippen molar-refractivity contribution >= 4 is 5.84 Å². The van der Waals surface area contributed by atoms with Crippen molar-refractivity contribution in [2.45, 2.75) is 57.9 Å². The van der Waals surface area contributed by atoms with Gasteiger partial charge in [0.25, 0.3) is 0 Å². The summed E-state index contributed by atoms with van der Waals surface area (Å²) in [7, 11) is 1.93. The van der Waals surface area contributed by atoms with E-state index < -0.39 is 0 Å². The number of hydrogen-bond donors (Lipinski definition) is 0. The predicted octanol–water partition coefficient (Wildman–Crippen LogP) is 3.59. The van der Waals surface area contributed by atoms with Gasteiger partial charge in [-0.05, 0) is 38.5 Å². The zero-order chi connectivity index (χ0) is 11.8. The highest BCUT2D eigenvalue weighted by Crippen LogP contribution is 2.49. The third kappa shape index (κ3) is 1.59. The molecule has 16 heavy (non-hydrogen) atoms. The monoisotopic (exact) mass is 220 g/mol. The zero-order valence-electron chi connectivity index (χ0n) is 10.9. The Kier molecular flexibility index (Phi) is 3.09. The standard InChI is InChI=1S/C14H24N2/c1-5-11(2)13(15-4)16-12(3)7-10-14(16)8-6-9-14/h11H,3,5-10H2,1-2,4H3. The summed E-state index contributed by atoms with van der Waals surface area (Å²) < 4.78 is 0. The van der Waals surface area contributed by atoms with Crippen molar-refractivity contribution in [3.05, 3.63) is 12.3 Å². The minimum absolute atomic E-state index is 0.412. The molecule has 2 rings (SSSR count). The van der Waals surface area contributed by atoms with Gasteiger partial charge in [0.15, 0.2) is 0 Å². The van der Waals surface area contributed by atoms with Crippen LogP contribution in [-0.2, 0) is 0 Å². The van der Waals surface area contributed by atoms with Gasteiger partial charge in [-0.1, -0.05) is 20.4 Å². The first-order valence-electron chi connectivity index (χ1n) is 6.59. The summed E-state index contributed by atoms with van der Waals surface area (Å²) in [6.07, 6.45) is 7.66. The molecule has 1 saturated carbocycles. The normalized spacial score (nSPS) is 26.1. The smallest absolute Gasteiger partial charge is 0.106 e. The summed E-state index contributed by atoms with van der Waals surface area (Å²) >= 11 is 0. The molecule has 2 heteroatoms. The summed E-state index contributed by atoms with van der Waals surface area (Å²) in [4.78, 5) is 7.04. The molecule has 1 heterocycles. The molecule has 1 aliphatic carbocycles. The Balaban J connectivity index is 2.26. The van der Waals surface area contributed by atoms with Crippen LogP contribution >= 0.6 is 0 Å². The summed E-state index contributed by atoms with van der Waals surface area (Å²) in [5.74, 6) is 1.82. The summed E-state index contributed by atoms with van der Waals surface area (Å²) in [5.41, 5.74) is 1.70. The minimum Gasteiger partial charge on any atom is -0.328 e. The number of rotatable bonds is 2. The van der Waals surface area contributed by atoms with Gasteiger partial charge in [-0.3, -0.25) is 4.99 Å². The Bertz CT molecular complexity index is 313. The van der Waals surface area contributed by atoms with Crippen molar-refractivity contribution in [3.8, 4) is 0 Å². The lowest BCUT2D eigenvalue weighted by Gasteiger charge is -2.48. The molecule has 2 aliphatic rings. The highest BCUT2D eigenvalue weighted by Gasteiger charge is 2.48. The van der Waals surface area contributed by atoms with Crippen LogP contribution in [0.3, 0.4) is 0 Å². The van der Waals surface area contributed by atoms with Crippen LogP contribution in [0.4, 0.5) is 0 Å². The molecule has 0 N–H and O–H groups in total. The molecule has 0 radical (unpaired) electrons. The fourth-order valence-corrected chi connectivity index (χ4v) is 3.12. The Morgan fingerprint density at radius 1 is 1.50 bits per heavy atom. The van der Waals surface area contributed by atoms with E-state index in [9.17, 15) is 0 Å². The molecule has 2 nitrogen and oxygen atoms in total. The van der Waals surface area contributed by atoms with Crippen LogP contribution in [0.1, 0.15) is 52.4 Å². The third-order valence-corrected chi connectivity index (χ3v) is 4.47. The van der Waals surface area contributed by atoms with E-state index in [-0.39, 0.29) is 0 Å². The van der Waals surface area contributed by atoms with Gasteiger partial charge in [0.1, 0.15) is 5.84 Å². The number of aliphatic imine (C=N–C) groups is 1. The van der Waals surface area contributed by atoms with Crippen LogP contribution in [0, 0.1) is 5.92 Å². The highest BCUT2D eigenvalue weighted by molar-refractivity contribution is 5.87. The lowest BCUT2D eigenvalue weighted by molar-refractivity contribution is 0.126. The van der Waals surface area contributed by atoms with E-state index in [1.54, 1.807) is 0 Å². The Morgan fingerprint density at radius 2 is 2.19 bits per heavy atom. The molecule has 2 fully saturated rings. The van der Waals surface area contributed by atoms with Gasteiger partial charge in [-0.25, -0.2) is 0 Å². The van der Waals surface area contributed by atoms with Crippen molar-refractivity contribution in [3.63, 3.8) is 0 Å². The number of nitrogens with zero attached hydrogens (tertiary/aromatic N) is 2. The topological polar surface area (TPSA) is 15.6 Å². The van der Waals surface area contributed by atoms with Crippen molar-refractivity contribution < 1.29 is 0 Å². The number of amidine groups is 1. The second-order valence-corrected chi connectivity index (χ2v) is 5.37. The Hall–Kier alpha value is -0.790. The zero-order valence-corrected chi connectivity index (χ0v) is 10.9. The molecule has 0 amide bonds. The number of allylic oxidation sites excluding steroid dienone is 1. The van der Waals surface area contributed by atoms with E-state index in [1.807, 2.05) is 7.05 Å². The minimum atomic E-state index is 0.412. The van der Waals surface area contributed by atoms with Crippen molar-refractivity contribution in [2.75, 3.05) is 7.05 Å². The first-order chi connectivity index (χ1) is 7.64. The fraction of sp³-hybridized carbons (Fsp3) is 0.786. The third-order valence-electron chi connectivity index (χ3n) is 4.47. The van der Waals surface area contributed by atoms with E-state index in [4.69, 9.17) is 0 Å². The molecule has 0 bridgehead atoms. The molecular weight excluding hydrogens is 196 g/mol. The largest absolute Gasteiger partial charge is 0.328 e. The second kappa shape index (κ2) is 4.23. The van der Waals surface area contributed by atoms with E-state index in [0.717, 1.165) is 12.8 Å². The first-order valence-corrected chi connectivity index (χ1v) is 6.59. The van der Waals surface area contributed by atoms with E-state index >= 15 is 0 Å². The van der Waals surface area contributed by atoms with Gasteiger partial charge in [-0.2, -0.15) is 0 Å². The molecule has 0 aromatic rings. The molecule has 1 unspecified atom stereocenters. The predicted molar refractivity (Wildman–Crippen MR) is 69.6 cm³/mol. The van der Waals surface area contributed by atoms with Crippen LogP contribution in [0.15, 0.2) is 17.3 Å². The molecule has 0 aromatic carbocycles. The van der Waals surface area contributed by atoms with Crippen LogP contribution in [0.25, 0.3) is 0 Å². The van der Waals surface area contributed by atoms with Crippen molar-refractivity contribution in [1.29, 1.82) is 0 Å². The van der Waals surface area contributed by atoms with Crippen LogP contribution < -0.4 is 0 Å². The maximum atomic E-state index is 4.55. The Labute approximate surface area is 99.4 Å². The SMILES string of the molecule is C=C1CCC2(CCC2)N1C(=NC)C(C)CC. The van der Waals surface area contributed by atoms with Crippen LogP contribution in [-0.4, -0.2) is 23.3 Å². The quantitative estimate of drug-likeness (QED) is 0.513. The Morgan fingerprint density at radius 3 is 2.62 bits per heavy atom. The summed E-state index contributed by atoms with van der Waals surface area (Å²) in [6, 6.07) is 0. The second-order valence-electron chi connectivity index (χ2n) is 5.37. The van der Waals surface area contributed by atoms with E-state index in [0.29, 0.717) is 11.5 Å². The van der Waals surface area contributed by atoms with Gasteiger partial charge in [0.05, 0.1) is 0 Å². The first kappa shape index (κ1) is 11.7. The molecule has 1 saturated heterocycles. The molecule has 1 aliphatic heterocycles. The average molecular weight is 220 g/mol. The van der Waals surface area contributed by atoms with Gasteiger partial charge in [0, 0.05) is 24.2 Å². The summed E-state index contributed by atoms with van der Waals surface area (Å²) in [6.45, 7) is 8.76. The lowest BCUT2D eigenvalue weighted by Crippen LogP contribution is -2.52. The number of likely N-dealkylation sites (tertiary alicyclic amines) is 1. The van der Waals surface area contributed by atoms with Gasteiger partial charge in [0.2, 0.25) is 0 Å². The van der Waals surface area contributed by atoms with Gasteiger partial charge < -0.3 is 4.90 Å².